The fourth-order valence-corrected chi connectivity index (χ4v) is 2.50. The van der Waals surface area contributed by atoms with Crippen molar-refractivity contribution in [2.75, 3.05) is 0 Å². The fourth-order valence-electron chi connectivity index (χ4n) is 2.11. The van der Waals surface area contributed by atoms with Crippen molar-refractivity contribution >= 4 is 15.9 Å². The van der Waals surface area contributed by atoms with Crippen LogP contribution in [-0.2, 0) is 0 Å². The average Bonchev–Trinajstić information content (AvgIpc) is 3.25. The summed E-state index contributed by atoms with van der Waals surface area (Å²) in [5.41, 5.74) is 2.90. The molecule has 1 saturated carbocycles. The molecule has 1 N–H and O–H groups in total. The minimum atomic E-state index is -0.630. The van der Waals surface area contributed by atoms with Gasteiger partial charge in [-0.2, -0.15) is 0 Å². The summed E-state index contributed by atoms with van der Waals surface area (Å²) in [6.07, 6.45) is 2.01. The van der Waals surface area contributed by atoms with Gasteiger partial charge in [0.1, 0.15) is 11.9 Å². The van der Waals surface area contributed by atoms with Crippen molar-refractivity contribution in [2.45, 2.75) is 32.0 Å². The maximum Gasteiger partial charge on any atom is 0.120 e. The Labute approximate surface area is 127 Å². The first-order valence-electron chi connectivity index (χ1n) is 6.84. The second-order valence-electron chi connectivity index (χ2n) is 5.30. The number of benzene rings is 2. The molecule has 0 saturated heterocycles. The smallest absolute Gasteiger partial charge is 0.120 e. The predicted molar refractivity (Wildman–Crippen MR) is 83.0 cm³/mol. The number of aliphatic hydroxyl groups is 1. The van der Waals surface area contributed by atoms with Crippen molar-refractivity contribution in [3.05, 3.63) is 63.6 Å². The first-order chi connectivity index (χ1) is 9.63. The van der Waals surface area contributed by atoms with E-state index in [9.17, 15) is 5.11 Å². The number of aryl methyl sites for hydroxylation is 1. The van der Waals surface area contributed by atoms with E-state index in [2.05, 4.69) is 15.9 Å². The maximum atomic E-state index is 10.5. The molecule has 0 spiro atoms. The summed E-state index contributed by atoms with van der Waals surface area (Å²) in [5.74, 6) is 0.843. The minimum absolute atomic E-state index is 0.371. The summed E-state index contributed by atoms with van der Waals surface area (Å²) < 4.78 is 6.79. The Kier molecular flexibility index (Phi) is 3.81. The molecule has 1 atom stereocenters. The van der Waals surface area contributed by atoms with Gasteiger partial charge in [-0.15, -0.1) is 0 Å². The first-order valence-corrected chi connectivity index (χ1v) is 7.63. The van der Waals surface area contributed by atoms with Gasteiger partial charge in [0.25, 0.3) is 0 Å². The van der Waals surface area contributed by atoms with Gasteiger partial charge in [0.15, 0.2) is 0 Å². The zero-order chi connectivity index (χ0) is 14.1. The highest BCUT2D eigenvalue weighted by atomic mass is 79.9. The van der Waals surface area contributed by atoms with E-state index in [-0.39, 0.29) is 0 Å². The molecule has 2 aromatic rings. The van der Waals surface area contributed by atoms with E-state index in [1.165, 1.54) is 0 Å². The molecule has 1 unspecified atom stereocenters. The second-order valence-corrected chi connectivity index (χ2v) is 6.16. The van der Waals surface area contributed by atoms with E-state index in [0.717, 1.165) is 39.8 Å². The van der Waals surface area contributed by atoms with Crippen molar-refractivity contribution in [3.63, 3.8) is 0 Å². The quantitative estimate of drug-likeness (QED) is 0.900. The van der Waals surface area contributed by atoms with E-state index in [4.69, 9.17) is 4.74 Å². The predicted octanol–water partition coefficient (Wildman–Crippen LogP) is 4.38. The zero-order valence-corrected chi connectivity index (χ0v) is 12.9. The Balaban J connectivity index is 1.84. The molecule has 0 aliphatic heterocycles. The molecule has 0 heterocycles. The van der Waals surface area contributed by atoms with Gasteiger partial charge in [-0.1, -0.05) is 40.2 Å². The summed E-state index contributed by atoms with van der Waals surface area (Å²) in [7, 11) is 0. The van der Waals surface area contributed by atoms with Crippen LogP contribution in [0.3, 0.4) is 0 Å². The normalized spacial score (nSPS) is 15.9. The van der Waals surface area contributed by atoms with Crippen LogP contribution in [0.1, 0.15) is 35.6 Å². The minimum Gasteiger partial charge on any atom is -0.490 e. The molecule has 2 nitrogen and oxygen atoms in total. The molecule has 0 radical (unpaired) electrons. The first kappa shape index (κ1) is 13.7. The van der Waals surface area contributed by atoms with Gasteiger partial charge in [-0.25, -0.2) is 0 Å². The Hall–Kier alpha value is -1.32. The van der Waals surface area contributed by atoms with Crippen LogP contribution in [0.15, 0.2) is 46.9 Å². The zero-order valence-electron chi connectivity index (χ0n) is 11.3. The number of aliphatic hydroxyl groups excluding tert-OH is 1. The van der Waals surface area contributed by atoms with E-state index in [0.29, 0.717) is 6.10 Å². The molecule has 2 aromatic carbocycles. The highest BCUT2D eigenvalue weighted by Gasteiger charge is 2.23. The largest absolute Gasteiger partial charge is 0.490 e. The molecule has 0 aromatic heterocycles. The highest BCUT2D eigenvalue weighted by Crippen LogP contribution is 2.31. The van der Waals surface area contributed by atoms with Crippen molar-refractivity contribution in [2.24, 2.45) is 0 Å². The summed E-state index contributed by atoms with van der Waals surface area (Å²) in [6.45, 7) is 2.03. The summed E-state index contributed by atoms with van der Waals surface area (Å²) in [5, 5.41) is 10.5. The van der Waals surface area contributed by atoms with Crippen LogP contribution in [0.2, 0.25) is 0 Å². The van der Waals surface area contributed by atoms with Crippen molar-refractivity contribution < 1.29 is 9.84 Å². The third-order valence-corrected chi connectivity index (χ3v) is 4.37. The summed E-state index contributed by atoms with van der Waals surface area (Å²) in [4.78, 5) is 0. The number of hydrogen-bond donors (Lipinski definition) is 1. The molecule has 104 valence electrons. The molecular weight excluding hydrogens is 316 g/mol. The lowest BCUT2D eigenvalue weighted by Crippen LogP contribution is -2.02. The van der Waals surface area contributed by atoms with E-state index in [1.807, 2.05) is 49.4 Å². The van der Waals surface area contributed by atoms with Gasteiger partial charge in [-0.05, 0) is 54.7 Å². The number of halogens is 1. The number of hydrogen-bond acceptors (Lipinski definition) is 2. The molecule has 3 rings (SSSR count). The van der Waals surface area contributed by atoms with Crippen LogP contribution in [0, 0.1) is 6.92 Å². The van der Waals surface area contributed by atoms with E-state index in [1.54, 1.807) is 0 Å². The van der Waals surface area contributed by atoms with E-state index >= 15 is 0 Å². The van der Waals surface area contributed by atoms with Gasteiger partial charge in [0.2, 0.25) is 0 Å². The van der Waals surface area contributed by atoms with Crippen molar-refractivity contribution in [1.29, 1.82) is 0 Å². The number of rotatable bonds is 4. The summed E-state index contributed by atoms with van der Waals surface area (Å²) in [6, 6.07) is 13.7. The Morgan fingerprint density at radius 1 is 1.15 bits per heavy atom. The van der Waals surface area contributed by atoms with Crippen molar-refractivity contribution in [1.82, 2.24) is 0 Å². The number of ether oxygens (including phenoxy) is 1. The second kappa shape index (κ2) is 5.58. The Morgan fingerprint density at radius 2 is 1.90 bits per heavy atom. The topological polar surface area (TPSA) is 29.5 Å². The standard InChI is InChI=1S/C17H17BrO2/c1-11-5-6-13(10-16(11)18)17(19)12-3-2-4-15(9-12)20-14-7-8-14/h2-6,9-10,14,17,19H,7-8H2,1H3. The molecule has 0 bridgehead atoms. The summed E-state index contributed by atoms with van der Waals surface area (Å²) >= 11 is 3.51. The lowest BCUT2D eigenvalue weighted by atomic mass is 10.0. The fraction of sp³-hybridized carbons (Fsp3) is 0.294. The van der Waals surface area contributed by atoms with Crippen molar-refractivity contribution in [3.8, 4) is 5.75 Å². The molecule has 20 heavy (non-hydrogen) atoms. The lowest BCUT2D eigenvalue weighted by Gasteiger charge is -2.14. The molecule has 1 aliphatic carbocycles. The molecule has 1 aliphatic rings. The van der Waals surface area contributed by atoms with Gasteiger partial charge >= 0.3 is 0 Å². The van der Waals surface area contributed by atoms with Crippen LogP contribution in [-0.4, -0.2) is 11.2 Å². The van der Waals surface area contributed by atoms with Crippen LogP contribution >= 0.6 is 15.9 Å². The highest BCUT2D eigenvalue weighted by molar-refractivity contribution is 9.10. The third kappa shape index (κ3) is 3.05. The van der Waals surface area contributed by atoms with Gasteiger partial charge < -0.3 is 9.84 Å². The molecular formula is C17H17BrO2. The van der Waals surface area contributed by atoms with Crippen LogP contribution in [0.25, 0.3) is 0 Å². The Morgan fingerprint density at radius 3 is 2.60 bits per heavy atom. The van der Waals surface area contributed by atoms with Crippen LogP contribution in [0.5, 0.6) is 5.75 Å². The van der Waals surface area contributed by atoms with Gasteiger partial charge in [0, 0.05) is 4.47 Å². The monoisotopic (exact) mass is 332 g/mol. The third-order valence-electron chi connectivity index (χ3n) is 3.51. The van der Waals surface area contributed by atoms with E-state index < -0.39 is 6.10 Å². The van der Waals surface area contributed by atoms with Gasteiger partial charge in [-0.3, -0.25) is 0 Å². The molecule has 3 heteroatoms. The van der Waals surface area contributed by atoms with Gasteiger partial charge in [0.05, 0.1) is 6.10 Å². The molecule has 1 fully saturated rings. The molecule has 0 amide bonds. The van der Waals surface area contributed by atoms with Crippen LogP contribution < -0.4 is 4.74 Å². The maximum absolute atomic E-state index is 10.5. The van der Waals surface area contributed by atoms with Crippen LogP contribution in [0.4, 0.5) is 0 Å². The average molecular weight is 333 g/mol. The lowest BCUT2D eigenvalue weighted by molar-refractivity contribution is 0.219. The Bertz CT molecular complexity index is 620. The SMILES string of the molecule is Cc1ccc(C(O)c2cccc(OC3CC3)c2)cc1Br.